The van der Waals surface area contributed by atoms with Gasteiger partial charge in [0.05, 0.1) is 9.92 Å². The molecule has 0 unspecified atom stereocenters. The van der Waals surface area contributed by atoms with E-state index < -0.39 is 15.9 Å². The lowest BCUT2D eigenvalue weighted by atomic mass is 10.2. The molecule has 2 N–H and O–H groups in total. The molecule has 7 nitrogen and oxygen atoms in total. The minimum Gasteiger partial charge on any atom is -0.296 e. The van der Waals surface area contributed by atoms with Gasteiger partial charge < -0.3 is 0 Å². The number of benzene rings is 2. The van der Waals surface area contributed by atoms with Gasteiger partial charge in [-0.1, -0.05) is 53.3 Å². The van der Waals surface area contributed by atoms with Crippen molar-refractivity contribution in [1.82, 2.24) is 14.9 Å². The minimum atomic E-state index is -3.77. The van der Waals surface area contributed by atoms with Crippen LogP contribution in [0.25, 0.3) is 10.6 Å². The zero-order valence-electron chi connectivity index (χ0n) is 15.8. The summed E-state index contributed by atoms with van der Waals surface area (Å²) in [5.41, 5.74) is 0.903. The first-order valence-electron chi connectivity index (χ1n) is 8.94. The van der Waals surface area contributed by atoms with Crippen molar-refractivity contribution in [3.63, 3.8) is 0 Å². The Morgan fingerprint density at radius 2 is 1.87 bits per heavy atom. The molecular formula is C20H15ClN4O3S3. The largest absolute Gasteiger partial charge is 0.296 e. The van der Waals surface area contributed by atoms with Gasteiger partial charge in [0.15, 0.2) is 5.01 Å². The Hall–Kier alpha value is -2.63. The number of carbonyl (C=O) groups excluding carboxylic acids is 1. The van der Waals surface area contributed by atoms with Crippen molar-refractivity contribution in [3.05, 3.63) is 81.5 Å². The first-order chi connectivity index (χ1) is 14.9. The topological polar surface area (TPSA) is 101 Å². The molecule has 0 saturated carbocycles. The van der Waals surface area contributed by atoms with Crippen LogP contribution < -0.4 is 10.0 Å². The standard InChI is InChI=1S/C20H15ClN4O3S3/c21-17-9-2-1-8-16(17)19-24-25-20(30-19)23-18(26)13-5-3-7-15(11-13)31(27,28)22-12-14-6-4-10-29-14/h1-11,22H,12H2,(H,23,25,26). The second-order valence-corrected chi connectivity index (χ2v) is 10.5. The molecule has 0 atom stereocenters. The molecule has 2 aromatic carbocycles. The summed E-state index contributed by atoms with van der Waals surface area (Å²) < 4.78 is 27.7. The van der Waals surface area contributed by atoms with Crippen LogP contribution in [0.4, 0.5) is 5.13 Å². The molecule has 2 aromatic heterocycles. The second kappa shape index (κ2) is 9.25. The van der Waals surface area contributed by atoms with E-state index in [-0.39, 0.29) is 22.1 Å². The SMILES string of the molecule is O=C(Nc1nnc(-c2ccccc2Cl)s1)c1cccc(S(=O)(=O)NCc2cccs2)c1. The lowest BCUT2D eigenvalue weighted by molar-refractivity contribution is 0.102. The zero-order chi connectivity index (χ0) is 21.8. The fourth-order valence-corrected chi connectivity index (χ4v) is 5.50. The molecule has 11 heteroatoms. The number of rotatable bonds is 7. The summed E-state index contributed by atoms with van der Waals surface area (Å²) in [5.74, 6) is -0.489. The molecule has 2 heterocycles. The maximum atomic E-state index is 12.6. The molecule has 4 aromatic rings. The molecule has 4 rings (SSSR count). The Labute approximate surface area is 191 Å². The van der Waals surface area contributed by atoms with E-state index in [1.807, 2.05) is 35.7 Å². The van der Waals surface area contributed by atoms with Gasteiger partial charge in [0, 0.05) is 22.5 Å². The van der Waals surface area contributed by atoms with Gasteiger partial charge in [0.1, 0.15) is 0 Å². The van der Waals surface area contributed by atoms with Gasteiger partial charge in [-0.05, 0) is 35.7 Å². The van der Waals surface area contributed by atoms with E-state index in [9.17, 15) is 13.2 Å². The molecule has 0 radical (unpaired) electrons. The number of amides is 1. The summed E-state index contributed by atoms with van der Waals surface area (Å²) in [6.45, 7) is 0.187. The highest BCUT2D eigenvalue weighted by atomic mass is 35.5. The quantitative estimate of drug-likeness (QED) is 0.392. The number of halogens is 1. The van der Waals surface area contributed by atoms with E-state index in [0.717, 1.165) is 4.88 Å². The van der Waals surface area contributed by atoms with Crippen LogP contribution in [0.2, 0.25) is 5.02 Å². The number of anilines is 1. The summed E-state index contributed by atoms with van der Waals surface area (Å²) in [4.78, 5) is 13.5. The van der Waals surface area contributed by atoms with Crippen LogP contribution in [0, 0.1) is 0 Å². The Morgan fingerprint density at radius 1 is 1.03 bits per heavy atom. The van der Waals surface area contributed by atoms with Crippen molar-refractivity contribution in [3.8, 4) is 10.6 Å². The van der Waals surface area contributed by atoms with Crippen LogP contribution in [-0.2, 0) is 16.6 Å². The summed E-state index contributed by atoms with van der Waals surface area (Å²) in [7, 11) is -3.77. The fraction of sp³-hybridized carbons (Fsp3) is 0.0500. The number of aromatic nitrogens is 2. The maximum absolute atomic E-state index is 12.6. The van der Waals surface area contributed by atoms with Crippen LogP contribution in [0.5, 0.6) is 0 Å². The average molecular weight is 491 g/mol. The minimum absolute atomic E-state index is 0.00530. The van der Waals surface area contributed by atoms with E-state index in [2.05, 4.69) is 20.2 Å². The maximum Gasteiger partial charge on any atom is 0.257 e. The van der Waals surface area contributed by atoms with Gasteiger partial charge in [-0.25, -0.2) is 13.1 Å². The fourth-order valence-electron chi connectivity index (χ4n) is 2.65. The first-order valence-corrected chi connectivity index (χ1v) is 12.5. The number of carbonyl (C=O) groups is 1. The van der Waals surface area contributed by atoms with Gasteiger partial charge >= 0.3 is 0 Å². The van der Waals surface area contributed by atoms with Crippen molar-refractivity contribution in [2.24, 2.45) is 0 Å². The van der Waals surface area contributed by atoms with Crippen LogP contribution in [-0.4, -0.2) is 24.5 Å². The third-order valence-corrected chi connectivity index (χ3v) is 7.65. The van der Waals surface area contributed by atoms with Crippen LogP contribution >= 0.6 is 34.3 Å². The Kier molecular flexibility index (Phi) is 6.44. The van der Waals surface area contributed by atoms with E-state index in [0.29, 0.717) is 15.6 Å². The van der Waals surface area contributed by atoms with Gasteiger partial charge in [-0.15, -0.1) is 21.5 Å². The Bertz CT molecular complexity index is 1320. The molecule has 0 fully saturated rings. The first kappa shape index (κ1) is 21.6. The highest BCUT2D eigenvalue weighted by Crippen LogP contribution is 2.31. The summed E-state index contributed by atoms with van der Waals surface area (Å²) in [5, 5.41) is 13.9. The normalized spacial score (nSPS) is 11.4. The lowest BCUT2D eigenvalue weighted by Gasteiger charge is -2.07. The summed E-state index contributed by atoms with van der Waals surface area (Å²) in [6.07, 6.45) is 0. The van der Waals surface area contributed by atoms with Crippen molar-refractivity contribution in [2.75, 3.05) is 5.32 Å². The molecule has 0 saturated heterocycles. The molecule has 158 valence electrons. The third-order valence-electron chi connectivity index (χ3n) is 4.17. The summed E-state index contributed by atoms with van der Waals surface area (Å²) in [6, 6.07) is 16.7. The molecule has 0 bridgehead atoms. The molecule has 0 aliphatic heterocycles. The molecule has 31 heavy (non-hydrogen) atoms. The number of hydrogen-bond donors (Lipinski definition) is 2. The zero-order valence-corrected chi connectivity index (χ0v) is 19.0. The predicted molar refractivity (Wildman–Crippen MR) is 123 cm³/mol. The van der Waals surface area contributed by atoms with Crippen LogP contribution in [0.1, 0.15) is 15.2 Å². The average Bonchev–Trinajstić information content (AvgIpc) is 3.45. The van der Waals surface area contributed by atoms with Gasteiger partial charge in [0.2, 0.25) is 15.2 Å². The molecule has 0 aliphatic rings. The monoisotopic (exact) mass is 490 g/mol. The van der Waals surface area contributed by atoms with Crippen LogP contribution in [0.3, 0.4) is 0 Å². The number of thiophene rings is 1. The van der Waals surface area contributed by atoms with E-state index in [1.54, 1.807) is 6.07 Å². The number of hydrogen-bond acceptors (Lipinski definition) is 7. The van der Waals surface area contributed by atoms with Crippen molar-refractivity contribution >= 4 is 55.3 Å². The molecule has 0 spiro atoms. The second-order valence-electron chi connectivity index (χ2n) is 6.28. The Balaban J connectivity index is 1.48. The van der Waals surface area contributed by atoms with E-state index in [1.165, 1.54) is 46.9 Å². The van der Waals surface area contributed by atoms with Crippen molar-refractivity contribution in [1.29, 1.82) is 0 Å². The number of nitrogens with zero attached hydrogens (tertiary/aromatic N) is 2. The van der Waals surface area contributed by atoms with Crippen LogP contribution in [0.15, 0.2) is 70.9 Å². The molecule has 0 aliphatic carbocycles. The molecular weight excluding hydrogens is 476 g/mol. The highest BCUT2D eigenvalue weighted by molar-refractivity contribution is 7.89. The van der Waals surface area contributed by atoms with E-state index >= 15 is 0 Å². The number of nitrogens with one attached hydrogen (secondary N) is 2. The predicted octanol–water partition coefficient (Wildman–Crippen LogP) is 4.65. The Morgan fingerprint density at radius 3 is 2.65 bits per heavy atom. The molecule has 1 amide bonds. The number of sulfonamides is 1. The van der Waals surface area contributed by atoms with Gasteiger partial charge in [-0.2, -0.15) is 0 Å². The van der Waals surface area contributed by atoms with Gasteiger partial charge in [-0.3, -0.25) is 10.1 Å². The van der Waals surface area contributed by atoms with Gasteiger partial charge in [0.25, 0.3) is 5.91 Å². The highest BCUT2D eigenvalue weighted by Gasteiger charge is 2.18. The lowest BCUT2D eigenvalue weighted by Crippen LogP contribution is -2.23. The summed E-state index contributed by atoms with van der Waals surface area (Å²) >= 11 is 8.81. The third kappa shape index (κ3) is 5.17. The smallest absolute Gasteiger partial charge is 0.257 e. The van der Waals surface area contributed by atoms with Crippen molar-refractivity contribution < 1.29 is 13.2 Å². The van der Waals surface area contributed by atoms with Crippen molar-refractivity contribution in [2.45, 2.75) is 11.4 Å². The van der Waals surface area contributed by atoms with E-state index in [4.69, 9.17) is 11.6 Å².